The average Bonchev–Trinajstić information content (AvgIpc) is 2.56. The van der Waals surface area contributed by atoms with E-state index in [0.717, 1.165) is 0 Å². The van der Waals surface area contributed by atoms with Gasteiger partial charge < -0.3 is 14.8 Å². The van der Waals surface area contributed by atoms with E-state index in [-0.39, 0.29) is 11.6 Å². The molecule has 1 heterocycles. The highest BCUT2D eigenvalue weighted by Crippen LogP contribution is 2.33. The Morgan fingerprint density at radius 2 is 2.31 bits per heavy atom. The molecule has 84 valence electrons. The van der Waals surface area contributed by atoms with Crippen LogP contribution in [0.1, 0.15) is 0 Å². The molecule has 16 heavy (non-hydrogen) atoms. The number of ether oxygens (including phenoxy) is 1. The molecule has 6 heteroatoms. The van der Waals surface area contributed by atoms with Crippen LogP contribution in [0.15, 0.2) is 18.2 Å². The molecular weight excluding hydrogens is 215 g/mol. The fourth-order valence-electron chi connectivity index (χ4n) is 1.52. The van der Waals surface area contributed by atoms with Gasteiger partial charge in [0.2, 0.25) is 5.88 Å². The minimum Gasteiger partial charge on any atom is -0.481 e. The van der Waals surface area contributed by atoms with Gasteiger partial charge in [-0.2, -0.15) is 0 Å². The molecule has 3 N–H and O–H groups in total. The lowest BCUT2D eigenvalue weighted by atomic mass is 10.2. The maximum absolute atomic E-state index is 13.0. The smallest absolute Gasteiger partial charge is 0.409 e. The zero-order chi connectivity index (χ0) is 11.7. The van der Waals surface area contributed by atoms with Gasteiger partial charge >= 0.3 is 6.09 Å². The summed E-state index contributed by atoms with van der Waals surface area (Å²) in [6, 6.07) is 4.03. The van der Waals surface area contributed by atoms with Crippen molar-refractivity contribution in [1.82, 2.24) is 4.98 Å². The van der Waals surface area contributed by atoms with E-state index >= 15 is 0 Å². The van der Waals surface area contributed by atoms with E-state index in [9.17, 15) is 9.18 Å². The molecule has 0 aliphatic rings. The lowest BCUT2D eigenvalue weighted by Gasteiger charge is -2.01. The van der Waals surface area contributed by atoms with Gasteiger partial charge in [0.15, 0.2) is 0 Å². The van der Waals surface area contributed by atoms with E-state index < -0.39 is 11.9 Å². The number of aromatic amines is 1. The van der Waals surface area contributed by atoms with Gasteiger partial charge in [0.05, 0.1) is 12.6 Å². The Balaban J connectivity index is 2.65. The van der Waals surface area contributed by atoms with Gasteiger partial charge in [0, 0.05) is 5.39 Å². The second-order valence-electron chi connectivity index (χ2n) is 3.15. The van der Waals surface area contributed by atoms with Crippen molar-refractivity contribution in [2.45, 2.75) is 0 Å². The molecule has 0 unspecified atom stereocenters. The summed E-state index contributed by atoms with van der Waals surface area (Å²) in [6.07, 6.45) is -1.23. The summed E-state index contributed by atoms with van der Waals surface area (Å²) in [6.45, 7) is 0. The molecule has 0 radical (unpaired) electrons. The van der Waals surface area contributed by atoms with Crippen molar-refractivity contribution >= 4 is 22.7 Å². The van der Waals surface area contributed by atoms with Gasteiger partial charge in [0.25, 0.3) is 0 Å². The van der Waals surface area contributed by atoms with E-state index in [0.29, 0.717) is 10.9 Å². The third-order valence-corrected chi connectivity index (χ3v) is 2.16. The molecule has 0 fully saturated rings. The number of nitrogens with one attached hydrogen (secondary N) is 2. The van der Waals surface area contributed by atoms with Crippen LogP contribution in [0.3, 0.4) is 0 Å². The van der Waals surface area contributed by atoms with Gasteiger partial charge in [-0.3, -0.25) is 5.32 Å². The van der Waals surface area contributed by atoms with Crippen molar-refractivity contribution in [3.05, 3.63) is 24.0 Å². The Hall–Kier alpha value is -2.24. The second kappa shape index (κ2) is 3.73. The van der Waals surface area contributed by atoms with Crippen molar-refractivity contribution in [3.8, 4) is 5.88 Å². The average molecular weight is 224 g/mol. The summed E-state index contributed by atoms with van der Waals surface area (Å²) in [5.41, 5.74) is 0.812. The number of carbonyl (C=O) groups is 1. The van der Waals surface area contributed by atoms with Gasteiger partial charge in [-0.05, 0) is 18.2 Å². The van der Waals surface area contributed by atoms with Crippen LogP contribution in [0.4, 0.5) is 14.9 Å². The minimum absolute atomic E-state index is 0.213. The minimum atomic E-state index is -1.23. The predicted molar refractivity (Wildman–Crippen MR) is 56.5 cm³/mol. The zero-order valence-electron chi connectivity index (χ0n) is 8.37. The summed E-state index contributed by atoms with van der Waals surface area (Å²) in [5, 5.41) is 11.3. The largest absolute Gasteiger partial charge is 0.481 e. The van der Waals surface area contributed by atoms with Crippen LogP contribution in [-0.2, 0) is 0 Å². The Kier molecular flexibility index (Phi) is 2.40. The molecular formula is C10H9FN2O3. The Labute approximate surface area is 89.8 Å². The van der Waals surface area contributed by atoms with E-state index in [1.165, 1.54) is 25.3 Å². The van der Waals surface area contributed by atoms with Crippen LogP contribution in [-0.4, -0.2) is 23.3 Å². The Morgan fingerprint density at radius 3 is 2.94 bits per heavy atom. The molecule has 0 atom stereocenters. The molecule has 0 aliphatic heterocycles. The number of hydrogen-bond donors (Lipinski definition) is 3. The van der Waals surface area contributed by atoms with Crippen molar-refractivity contribution in [1.29, 1.82) is 0 Å². The summed E-state index contributed by atoms with van der Waals surface area (Å²) in [4.78, 5) is 13.4. The zero-order valence-corrected chi connectivity index (χ0v) is 8.37. The first-order valence-electron chi connectivity index (χ1n) is 4.47. The van der Waals surface area contributed by atoms with Crippen molar-refractivity contribution in [2.24, 2.45) is 0 Å². The van der Waals surface area contributed by atoms with Crippen molar-refractivity contribution in [2.75, 3.05) is 12.4 Å². The normalized spacial score (nSPS) is 10.4. The van der Waals surface area contributed by atoms with E-state index in [1.54, 1.807) is 0 Å². The molecule has 1 aromatic heterocycles. The number of anilines is 1. The second-order valence-corrected chi connectivity index (χ2v) is 3.15. The number of amides is 1. The highest BCUT2D eigenvalue weighted by Gasteiger charge is 2.14. The Bertz CT molecular complexity index is 550. The number of aromatic nitrogens is 1. The summed E-state index contributed by atoms with van der Waals surface area (Å²) in [5.74, 6) is -0.189. The number of benzene rings is 1. The number of halogens is 1. The molecule has 0 aliphatic carbocycles. The Morgan fingerprint density at radius 1 is 1.56 bits per heavy atom. The molecule has 5 nitrogen and oxygen atoms in total. The van der Waals surface area contributed by atoms with E-state index in [2.05, 4.69) is 10.3 Å². The van der Waals surface area contributed by atoms with Crippen molar-refractivity contribution in [3.63, 3.8) is 0 Å². The first kappa shape index (κ1) is 10.3. The molecule has 0 spiro atoms. The quantitative estimate of drug-likeness (QED) is 0.733. The third-order valence-electron chi connectivity index (χ3n) is 2.16. The van der Waals surface area contributed by atoms with Gasteiger partial charge in [0.1, 0.15) is 11.5 Å². The lowest BCUT2D eigenvalue weighted by molar-refractivity contribution is 0.209. The fraction of sp³-hybridized carbons (Fsp3) is 0.100. The first-order chi connectivity index (χ1) is 7.61. The predicted octanol–water partition coefficient (Wildman–Crippen LogP) is 2.41. The van der Waals surface area contributed by atoms with Crippen LogP contribution in [0.5, 0.6) is 5.88 Å². The van der Waals surface area contributed by atoms with Crippen LogP contribution >= 0.6 is 0 Å². The standard InChI is InChI=1S/C10H9FN2O3/c1-16-9-8(13-10(14)15)6-4-5(11)2-3-7(6)12-9/h2-4,12-13H,1H3,(H,14,15). The molecule has 1 aromatic carbocycles. The molecule has 2 aromatic rings. The number of methoxy groups -OCH3 is 1. The third kappa shape index (κ3) is 1.65. The van der Waals surface area contributed by atoms with E-state index in [1.807, 2.05) is 0 Å². The topological polar surface area (TPSA) is 74.3 Å². The summed E-state index contributed by atoms with van der Waals surface area (Å²) >= 11 is 0. The molecule has 1 amide bonds. The van der Waals surface area contributed by atoms with Crippen molar-refractivity contribution < 1.29 is 19.0 Å². The van der Waals surface area contributed by atoms with Gasteiger partial charge in [-0.1, -0.05) is 0 Å². The summed E-state index contributed by atoms with van der Waals surface area (Å²) in [7, 11) is 1.40. The monoisotopic (exact) mass is 224 g/mol. The maximum atomic E-state index is 13.0. The number of rotatable bonds is 2. The first-order valence-corrected chi connectivity index (χ1v) is 4.47. The highest BCUT2D eigenvalue weighted by molar-refractivity contribution is 6.02. The highest BCUT2D eigenvalue weighted by atomic mass is 19.1. The van der Waals surface area contributed by atoms with Crippen LogP contribution in [0.25, 0.3) is 10.9 Å². The summed E-state index contributed by atoms with van der Waals surface area (Å²) < 4.78 is 18.0. The fourth-order valence-corrected chi connectivity index (χ4v) is 1.52. The lowest BCUT2D eigenvalue weighted by Crippen LogP contribution is -2.07. The van der Waals surface area contributed by atoms with Gasteiger partial charge in [-0.25, -0.2) is 9.18 Å². The molecule has 2 rings (SSSR count). The van der Waals surface area contributed by atoms with Gasteiger partial charge in [-0.15, -0.1) is 0 Å². The number of H-pyrrole nitrogens is 1. The van der Waals surface area contributed by atoms with Crippen LogP contribution < -0.4 is 10.1 Å². The van der Waals surface area contributed by atoms with Crippen LogP contribution in [0.2, 0.25) is 0 Å². The maximum Gasteiger partial charge on any atom is 0.409 e. The molecule has 0 bridgehead atoms. The van der Waals surface area contributed by atoms with Crippen LogP contribution in [0, 0.1) is 5.82 Å². The van der Waals surface area contributed by atoms with E-state index in [4.69, 9.17) is 9.84 Å². The number of hydrogen-bond acceptors (Lipinski definition) is 2. The number of fused-ring (bicyclic) bond motifs is 1. The SMILES string of the molecule is COc1[nH]c2ccc(F)cc2c1NC(=O)O. The molecule has 0 saturated carbocycles. The molecule has 0 saturated heterocycles. The number of carboxylic acid groups (broad SMARTS) is 1.